The topological polar surface area (TPSA) is 18.5 Å². The molecule has 27 heavy (non-hydrogen) atoms. The van der Waals surface area contributed by atoms with Crippen molar-refractivity contribution in [1.29, 1.82) is 0 Å². The molecule has 2 atom stereocenters. The third-order valence-corrected chi connectivity index (χ3v) is 10.8. The van der Waals surface area contributed by atoms with Crippen LogP contribution in [0.1, 0.15) is 53.4 Å². The molecule has 1 saturated heterocycles. The highest BCUT2D eigenvalue weighted by atomic mass is 28.4. The molecule has 1 heterocycles. The fraction of sp³-hybridized carbons (Fsp3) is 0.500. The van der Waals surface area contributed by atoms with E-state index in [1.807, 2.05) is 0 Å². The summed E-state index contributed by atoms with van der Waals surface area (Å²) < 4.78 is 13.1. The Labute approximate surface area is 166 Å². The summed E-state index contributed by atoms with van der Waals surface area (Å²) in [6.07, 6.45) is 5.32. The van der Waals surface area contributed by atoms with Crippen LogP contribution in [0.5, 0.6) is 0 Å². The molecular weight excluding hydrogens is 348 g/mol. The van der Waals surface area contributed by atoms with Gasteiger partial charge in [-0.25, -0.2) is 0 Å². The molecule has 0 aromatic heterocycles. The van der Waals surface area contributed by atoms with Crippen molar-refractivity contribution >= 4 is 18.7 Å². The number of hydrogen-bond donors (Lipinski definition) is 0. The maximum atomic E-state index is 6.96. The van der Waals surface area contributed by atoms with Crippen molar-refractivity contribution in [2.24, 2.45) is 0 Å². The van der Waals surface area contributed by atoms with Crippen LogP contribution in [0.4, 0.5) is 0 Å². The standard InChI is InChI=1S/C24H34O2Si/c1-20-12-11-13-21(26-20)18-19-25-27(24(2,3)4,22-14-7-5-8-15-22)23-16-9-6-10-17-23/h5-10,14-17,20-21H,11-13,18-19H2,1-4H3/t20-,21-/m0/s1. The first kappa shape index (κ1) is 20.3. The zero-order valence-electron chi connectivity index (χ0n) is 17.3. The van der Waals surface area contributed by atoms with E-state index in [-0.39, 0.29) is 5.04 Å². The Kier molecular flexibility index (Phi) is 6.56. The second kappa shape index (κ2) is 8.72. The van der Waals surface area contributed by atoms with Crippen molar-refractivity contribution in [1.82, 2.24) is 0 Å². The van der Waals surface area contributed by atoms with Gasteiger partial charge in [-0.15, -0.1) is 0 Å². The Morgan fingerprint density at radius 1 is 0.926 bits per heavy atom. The maximum absolute atomic E-state index is 6.96. The maximum Gasteiger partial charge on any atom is 0.261 e. The van der Waals surface area contributed by atoms with E-state index in [0.29, 0.717) is 12.2 Å². The minimum Gasteiger partial charge on any atom is -0.407 e. The molecule has 1 aliphatic rings. The molecule has 0 radical (unpaired) electrons. The molecule has 0 N–H and O–H groups in total. The zero-order chi connectivity index (χ0) is 19.3. The van der Waals surface area contributed by atoms with Gasteiger partial charge in [0.1, 0.15) is 0 Å². The lowest BCUT2D eigenvalue weighted by molar-refractivity contribution is -0.0481. The van der Waals surface area contributed by atoms with Gasteiger partial charge in [0.2, 0.25) is 0 Å². The van der Waals surface area contributed by atoms with E-state index in [0.717, 1.165) is 19.4 Å². The summed E-state index contributed by atoms with van der Waals surface area (Å²) in [6.45, 7) is 9.94. The smallest absolute Gasteiger partial charge is 0.261 e. The number of benzene rings is 2. The van der Waals surface area contributed by atoms with E-state index in [4.69, 9.17) is 9.16 Å². The molecule has 0 unspecified atom stereocenters. The highest BCUT2D eigenvalue weighted by Gasteiger charge is 2.50. The molecule has 146 valence electrons. The van der Waals surface area contributed by atoms with Gasteiger partial charge < -0.3 is 9.16 Å². The molecule has 0 bridgehead atoms. The molecule has 0 amide bonds. The molecule has 3 heteroatoms. The van der Waals surface area contributed by atoms with Gasteiger partial charge in [-0.1, -0.05) is 81.4 Å². The highest BCUT2D eigenvalue weighted by molar-refractivity contribution is 6.99. The summed E-state index contributed by atoms with van der Waals surface area (Å²) in [5.74, 6) is 0. The van der Waals surface area contributed by atoms with E-state index in [9.17, 15) is 0 Å². The van der Waals surface area contributed by atoms with E-state index in [1.165, 1.54) is 23.2 Å². The van der Waals surface area contributed by atoms with Crippen molar-refractivity contribution < 1.29 is 9.16 Å². The lowest BCUT2D eigenvalue weighted by Crippen LogP contribution is -2.66. The highest BCUT2D eigenvalue weighted by Crippen LogP contribution is 2.37. The summed E-state index contributed by atoms with van der Waals surface area (Å²) in [5.41, 5.74) is 0. The van der Waals surface area contributed by atoms with Gasteiger partial charge in [0.05, 0.1) is 12.2 Å². The first-order valence-corrected chi connectivity index (χ1v) is 12.2. The van der Waals surface area contributed by atoms with Gasteiger partial charge in [0.15, 0.2) is 0 Å². The average Bonchev–Trinajstić information content (AvgIpc) is 2.66. The first-order chi connectivity index (χ1) is 12.9. The third-order valence-electron chi connectivity index (χ3n) is 5.74. The van der Waals surface area contributed by atoms with E-state index < -0.39 is 8.32 Å². The van der Waals surface area contributed by atoms with Gasteiger partial charge in [-0.3, -0.25) is 0 Å². The van der Waals surface area contributed by atoms with Gasteiger partial charge in [-0.2, -0.15) is 0 Å². The van der Waals surface area contributed by atoms with Crippen molar-refractivity contribution in [2.45, 2.75) is 70.6 Å². The van der Waals surface area contributed by atoms with Crippen LogP contribution in [-0.2, 0) is 9.16 Å². The molecule has 1 aliphatic heterocycles. The van der Waals surface area contributed by atoms with Crippen molar-refractivity contribution in [3.8, 4) is 0 Å². The molecule has 0 saturated carbocycles. The van der Waals surface area contributed by atoms with Crippen LogP contribution in [0.2, 0.25) is 5.04 Å². The Morgan fingerprint density at radius 3 is 1.96 bits per heavy atom. The van der Waals surface area contributed by atoms with E-state index in [1.54, 1.807) is 0 Å². The van der Waals surface area contributed by atoms with Crippen LogP contribution in [0.25, 0.3) is 0 Å². The fourth-order valence-electron chi connectivity index (χ4n) is 4.42. The minimum absolute atomic E-state index is 0.0381. The zero-order valence-corrected chi connectivity index (χ0v) is 18.3. The summed E-state index contributed by atoms with van der Waals surface area (Å²) in [4.78, 5) is 0. The number of hydrogen-bond acceptors (Lipinski definition) is 2. The predicted octanol–water partition coefficient (Wildman–Crippen LogP) is 4.91. The molecule has 2 aromatic rings. The third kappa shape index (κ3) is 4.53. The van der Waals surface area contributed by atoms with Crippen LogP contribution in [0.15, 0.2) is 60.7 Å². The van der Waals surface area contributed by atoms with Crippen molar-refractivity contribution in [2.75, 3.05) is 6.61 Å². The lowest BCUT2D eigenvalue weighted by Gasteiger charge is -2.43. The van der Waals surface area contributed by atoms with Gasteiger partial charge >= 0.3 is 0 Å². The molecular formula is C24H34O2Si. The number of ether oxygens (including phenoxy) is 1. The van der Waals surface area contributed by atoms with Crippen LogP contribution in [0, 0.1) is 0 Å². The van der Waals surface area contributed by atoms with Crippen LogP contribution >= 0.6 is 0 Å². The Bertz CT molecular complexity index is 654. The SMILES string of the molecule is C[C@H]1CCC[C@@H](CCO[Si](c2ccccc2)(c2ccccc2)C(C)(C)C)O1. The summed E-state index contributed by atoms with van der Waals surface area (Å²) in [7, 11) is -2.41. The molecule has 1 fully saturated rings. The Morgan fingerprint density at radius 2 is 1.48 bits per heavy atom. The predicted molar refractivity (Wildman–Crippen MR) is 116 cm³/mol. The number of rotatable bonds is 6. The minimum atomic E-state index is -2.41. The van der Waals surface area contributed by atoms with Crippen molar-refractivity contribution in [3.63, 3.8) is 0 Å². The monoisotopic (exact) mass is 382 g/mol. The molecule has 3 rings (SSSR count). The van der Waals surface area contributed by atoms with E-state index in [2.05, 4.69) is 88.4 Å². The molecule has 0 aliphatic carbocycles. The summed E-state index contributed by atoms with van der Waals surface area (Å²) >= 11 is 0. The van der Waals surface area contributed by atoms with Crippen LogP contribution in [-0.4, -0.2) is 27.1 Å². The van der Waals surface area contributed by atoms with E-state index >= 15 is 0 Å². The Balaban J connectivity index is 1.89. The van der Waals surface area contributed by atoms with Crippen LogP contribution < -0.4 is 10.4 Å². The second-order valence-electron chi connectivity index (χ2n) is 8.80. The quantitative estimate of drug-likeness (QED) is 0.661. The Hall–Kier alpha value is -1.42. The van der Waals surface area contributed by atoms with Crippen molar-refractivity contribution in [3.05, 3.63) is 60.7 Å². The average molecular weight is 383 g/mol. The first-order valence-electron chi connectivity index (χ1n) is 10.3. The molecule has 2 nitrogen and oxygen atoms in total. The fourth-order valence-corrected chi connectivity index (χ4v) is 8.99. The lowest BCUT2D eigenvalue weighted by atomic mass is 10.0. The van der Waals surface area contributed by atoms with Crippen LogP contribution in [0.3, 0.4) is 0 Å². The normalized spacial score (nSPS) is 21.2. The summed E-state index contributed by atoms with van der Waals surface area (Å²) in [5, 5.41) is 2.74. The van der Waals surface area contributed by atoms with Gasteiger partial charge in [0.25, 0.3) is 8.32 Å². The molecule has 0 spiro atoms. The summed E-state index contributed by atoms with van der Waals surface area (Å²) in [6, 6.07) is 21.8. The second-order valence-corrected chi connectivity index (χ2v) is 13.1. The van der Waals surface area contributed by atoms with Gasteiger partial charge in [-0.05, 0) is 48.0 Å². The molecule has 2 aromatic carbocycles. The van der Waals surface area contributed by atoms with Gasteiger partial charge in [0, 0.05) is 6.61 Å². The largest absolute Gasteiger partial charge is 0.407 e.